The third-order valence-corrected chi connectivity index (χ3v) is 20.3. The van der Waals surface area contributed by atoms with Gasteiger partial charge in [-0.3, -0.25) is 0 Å². The molecule has 87 heavy (non-hydrogen) atoms. The molecule has 452 valence electrons. The molecule has 0 spiro atoms. The Morgan fingerprint density at radius 1 is 0.529 bits per heavy atom. The number of aromatic hydroxyl groups is 1. The lowest BCUT2D eigenvalue weighted by Gasteiger charge is -2.40. The van der Waals surface area contributed by atoms with Gasteiger partial charge in [0.25, 0.3) is 0 Å². The molecule has 0 aromatic heterocycles. The van der Waals surface area contributed by atoms with Crippen molar-refractivity contribution in [1.29, 1.82) is 0 Å². The smallest absolute Gasteiger partial charge is 0.344 e. The van der Waals surface area contributed by atoms with E-state index in [-0.39, 0.29) is 22.6 Å². The molecule has 2 aliphatic carbocycles. The Hall–Kier alpha value is -7.73. The summed E-state index contributed by atoms with van der Waals surface area (Å²) in [5.74, 6) is 3.66. The molecule has 9 aromatic carbocycles. The molecule has 1 N–H and O–H groups in total. The fourth-order valence-electron chi connectivity index (χ4n) is 11.3. The highest BCUT2D eigenvalue weighted by atomic mass is 32.2. The number of phenols is 1. The number of benzene rings is 9. The van der Waals surface area contributed by atoms with Crippen LogP contribution < -0.4 is 9.47 Å². The van der Waals surface area contributed by atoms with E-state index in [0.717, 1.165) is 49.0 Å². The minimum absolute atomic E-state index is 0.0146. The van der Waals surface area contributed by atoms with Gasteiger partial charge in [-0.15, -0.1) is 0 Å². The van der Waals surface area contributed by atoms with E-state index in [2.05, 4.69) is 224 Å². The minimum atomic E-state index is -4.74. The van der Waals surface area contributed by atoms with Gasteiger partial charge in [-0.1, -0.05) is 205 Å². The molecular formula is C77H84O8S2. The summed E-state index contributed by atoms with van der Waals surface area (Å²) in [7, 11) is -4.76. The van der Waals surface area contributed by atoms with Gasteiger partial charge in [0.15, 0.2) is 14.7 Å². The van der Waals surface area contributed by atoms with E-state index in [1.807, 2.05) is 24.3 Å². The Bertz CT molecular complexity index is 3460. The van der Waals surface area contributed by atoms with E-state index in [1.165, 1.54) is 74.4 Å². The van der Waals surface area contributed by atoms with Gasteiger partial charge >= 0.3 is 5.97 Å². The largest absolute Gasteiger partial charge is 0.744 e. The normalized spacial score (nSPS) is 16.5. The van der Waals surface area contributed by atoms with Crippen molar-refractivity contribution in [2.75, 3.05) is 0 Å². The number of hydrogen-bond acceptors (Lipinski definition) is 8. The van der Waals surface area contributed by atoms with Gasteiger partial charge in [0, 0.05) is 0 Å². The second-order valence-corrected chi connectivity index (χ2v) is 26.4. The van der Waals surface area contributed by atoms with Gasteiger partial charge in [-0.2, -0.15) is 0 Å². The molecule has 2 aliphatic rings. The minimum Gasteiger partial charge on any atom is -0.744 e. The Kier molecular flexibility index (Phi) is 23.8. The summed E-state index contributed by atoms with van der Waals surface area (Å²) in [5.41, 5.74) is 5.49. The van der Waals surface area contributed by atoms with Crippen molar-refractivity contribution in [3.8, 4) is 17.2 Å². The second-order valence-electron chi connectivity index (χ2n) is 23.0. The molecule has 10 heteroatoms. The lowest BCUT2D eigenvalue weighted by Crippen LogP contribution is -2.46. The van der Waals surface area contributed by atoms with E-state index >= 15 is 0 Å². The first-order valence-electron chi connectivity index (χ1n) is 30.7. The zero-order valence-electron chi connectivity index (χ0n) is 51.3. The van der Waals surface area contributed by atoms with Crippen molar-refractivity contribution in [2.45, 2.75) is 149 Å². The van der Waals surface area contributed by atoms with Crippen LogP contribution in [0, 0.1) is 11.8 Å². The van der Waals surface area contributed by atoms with Crippen LogP contribution in [0.5, 0.6) is 17.2 Å². The number of rotatable bonds is 19. The van der Waals surface area contributed by atoms with Gasteiger partial charge in [-0.05, 0) is 194 Å². The summed E-state index contributed by atoms with van der Waals surface area (Å²) in [5, 5.41) is 9.01. The van der Waals surface area contributed by atoms with E-state index < -0.39 is 32.7 Å². The van der Waals surface area contributed by atoms with Crippen molar-refractivity contribution >= 4 is 27.0 Å². The van der Waals surface area contributed by atoms with Gasteiger partial charge in [0.1, 0.15) is 27.4 Å². The van der Waals surface area contributed by atoms with E-state index in [4.69, 9.17) is 19.3 Å². The molecule has 0 aliphatic heterocycles. The number of carbonyl (C=O) groups is 1. The Morgan fingerprint density at radius 3 is 1.31 bits per heavy atom. The van der Waals surface area contributed by atoms with E-state index in [0.29, 0.717) is 35.2 Å². The summed E-state index contributed by atoms with van der Waals surface area (Å²) in [4.78, 5) is 15.6. The van der Waals surface area contributed by atoms with Crippen LogP contribution in [0.3, 0.4) is 0 Å². The molecule has 2 bridgehead atoms. The van der Waals surface area contributed by atoms with Crippen LogP contribution in [0.1, 0.15) is 149 Å². The third-order valence-electron chi connectivity index (χ3n) is 17.2. The first kappa shape index (κ1) is 65.2. The molecule has 7 unspecified atom stereocenters. The summed E-state index contributed by atoms with van der Waals surface area (Å²) in [6.45, 7) is 15.3. The van der Waals surface area contributed by atoms with Crippen LogP contribution in [0.2, 0.25) is 0 Å². The maximum atomic E-state index is 12.1. The fraction of sp³-hybridized carbons (Fsp3) is 0.286. The van der Waals surface area contributed by atoms with Gasteiger partial charge in [0.2, 0.25) is 6.29 Å². The number of ether oxygens (including phenoxy) is 3. The van der Waals surface area contributed by atoms with Crippen molar-refractivity contribution in [3.63, 3.8) is 0 Å². The Labute approximate surface area is 520 Å². The lowest BCUT2D eigenvalue weighted by molar-refractivity contribution is -0.160. The van der Waals surface area contributed by atoms with Crippen LogP contribution in [-0.4, -0.2) is 36.4 Å². The number of fused-ring (bicyclic) bond motifs is 2. The van der Waals surface area contributed by atoms with Gasteiger partial charge in [-0.25, -0.2) is 13.2 Å². The quantitative estimate of drug-likeness (QED) is 0.0279. The van der Waals surface area contributed by atoms with Crippen LogP contribution >= 0.6 is 0 Å². The summed E-state index contributed by atoms with van der Waals surface area (Å²) in [6.07, 6.45) is 8.26. The number of carbonyl (C=O) groups excluding carboxylic acids is 1. The topological polar surface area (TPSA) is 122 Å². The molecule has 0 heterocycles. The molecule has 2 fully saturated rings. The third kappa shape index (κ3) is 17.7. The van der Waals surface area contributed by atoms with Crippen molar-refractivity contribution in [2.24, 2.45) is 11.8 Å². The van der Waals surface area contributed by atoms with Crippen LogP contribution in [0.15, 0.2) is 268 Å². The molecule has 0 radical (unpaired) electrons. The van der Waals surface area contributed by atoms with Crippen molar-refractivity contribution in [1.82, 2.24) is 0 Å². The SMILES string of the molecule is CCC(C)c1ccc(O)cc1.CCC(C)c1ccc(OC(=O)c2ccccc2S(=O)(=O)[O-])cc1.CCC(C)c1ccc(OC(OC2CC3CCC2C3)C(C)(c2ccccc2)c2ccccc2)cc1.c1ccc([S+](c2ccccc2)c2ccccc2)cc1. The first-order chi connectivity index (χ1) is 42.1. The molecule has 11 rings (SSSR count). The predicted molar refractivity (Wildman–Crippen MR) is 352 cm³/mol. The molecule has 0 saturated heterocycles. The van der Waals surface area contributed by atoms with Crippen LogP contribution in [-0.2, 0) is 31.2 Å². The molecule has 8 nitrogen and oxygen atoms in total. The van der Waals surface area contributed by atoms with Crippen LogP contribution in [0.4, 0.5) is 0 Å². The average Bonchev–Trinajstić information content (AvgIpc) is 2.30. The second kappa shape index (κ2) is 31.8. The Morgan fingerprint density at radius 2 is 0.920 bits per heavy atom. The average molecular weight is 1200 g/mol. The maximum Gasteiger partial charge on any atom is 0.344 e. The molecule has 0 amide bonds. The zero-order valence-corrected chi connectivity index (χ0v) is 52.9. The van der Waals surface area contributed by atoms with Crippen molar-refractivity contribution in [3.05, 3.63) is 282 Å². The number of phenolic OH excluding ortho intramolecular Hbond substituents is 1. The molecular weight excluding hydrogens is 1120 g/mol. The standard InChI is InChI=1S/C32H38O2.C18H15S.C17H18O5S.C10H14O/c1-4-23(2)25-17-19-29(20-18-25)33-31(34-30-22-24-15-16-26(30)21-24)32(3,27-11-7-5-8-12-27)28-13-9-6-10-14-28;1-4-10-16(11-5-1)19(17-12-6-2-7-13-17)18-14-8-3-9-15-18;1-3-12(2)13-8-10-14(11-9-13)22-17(18)15-6-4-5-7-16(15)23(19,20)21;1-3-8(2)9-4-6-10(11)7-5-9/h5-14,17-20,23-24,26,30-31H,4,15-16,21-22H2,1-3H3;1-15H;4-12H,3H2,1-2H3,(H,19,20,21);4-8,11H,3H2,1-2H3/q;+1;;/p-1. The Balaban J connectivity index is 0.000000161. The highest BCUT2D eigenvalue weighted by Gasteiger charge is 2.47. The maximum absolute atomic E-state index is 12.1. The van der Waals surface area contributed by atoms with Crippen LogP contribution in [0.25, 0.3) is 0 Å². The summed E-state index contributed by atoms with van der Waals surface area (Å²) < 4.78 is 52.6. The zero-order chi connectivity index (χ0) is 61.8. The van der Waals surface area contributed by atoms with Gasteiger partial charge < -0.3 is 23.9 Å². The van der Waals surface area contributed by atoms with Gasteiger partial charge in [0.05, 0.1) is 32.9 Å². The van der Waals surface area contributed by atoms with E-state index in [9.17, 15) is 17.8 Å². The molecule has 7 atom stereocenters. The predicted octanol–water partition coefficient (Wildman–Crippen LogP) is 19.1. The summed E-state index contributed by atoms with van der Waals surface area (Å²) >= 11 is 0. The highest BCUT2D eigenvalue weighted by molar-refractivity contribution is 7.97. The molecule has 9 aromatic rings. The monoisotopic (exact) mass is 1200 g/mol. The molecule has 2 saturated carbocycles. The lowest BCUT2D eigenvalue weighted by atomic mass is 9.75. The summed E-state index contributed by atoms with van der Waals surface area (Å²) in [6, 6.07) is 81.9. The fourth-order valence-corrected chi connectivity index (χ4v) is 14.0. The highest BCUT2D eigenvalue weighted by Crippen LogP contribution is 2.48. The van der Waals surface area contributed by atoms with Crippen molar-refractivity contribution < 1.29 is 37.1 Å². The number of esters is 1. The van der Waals surface area contributed by atoms with E-state index in [1.54, 1.807) is 24.3 Å². The number of hydrogen-bond donors (Lipinski definition) is 1. The first-order valence-corrected chi connectivity index (χ1v) is 33.3.